The average Bonchev–Trinajstić information content (AvgIpc) is 2.31. The zero-order valence-electron chi connectivity index (χ0n) is 11.2. The first-order valence-corrected chi connectivity index (χ1v) is 5.69. The van der Waals surface area contributed by atoms with Crippen molar-refractivity contribution >= 4 is 5.97 Å². The van der Waals surface area contributed by atoms with Crippen LogP contribution in [-0.4, -0.2) is 18.2 Å². The predicted octanol–water partition coefficient (Wildman–Crippen LogP) is 2.26. The molecule has 0 aliphatic rings. The van der Waals surface area contributed by atoms with Gasteiger partial charge in [-0.1, -0.05) is 6.08 Å². The monoisotopic (exact) mass is 249 g/mol. The molecule has 0 fully saturated rings. The maximum atomic E-state index is 10.5. The van der Waals surface area contributed by atoms with Crippen LogP contribution in [0.15, 0.2) is 18.2 Å². The molecule has 1 aromatic rings. The highest BCUT2D eigenvalue weighted by Gasteiger charge is 2.14. The van der Waals surface area contributed by atoms with Crippen molar-refractivity contribution < 1.29 is 14.6 Å². The van der Waals surface area contributed by atoms with Crippen molar-refractivity contribution in [2.45, 2.75) is 26.8 Å². The van der Waals surface area contributed by atoms with Gasteiger partial charge < -0.3 is 15.6 Å². The summed E-state index contributed by atoms with van der Waals surface area (Å²) in [6.07, 6.45) is 2.56. The number of aryl methyl sites for hydroxylation is 1. The summed E-state index contributed by atoms with van der Waals surface area (Å²) in [6.45, 7) is 5.87. The summed E-state index contributed by atoms with van der Waals surface area (Å²) in [4.78, 5) is 10.5. The molecule has 1 rings (SSSR count). The summed E-state index contributed by atoms with van der Waals surface area (Å²) >= 11 is 0. The molecule has 0 heterocycles. The van der Waals surface area contributed by atoms with Crippen molar-refractivity contribution in [3.63, 3.8) is 0 Å². The number of rotatable bonds is 4. The van der Waals surface area contributed by atoms with Crippen LogP contribution in [-0.2, 0) is 4.79 Å². The van der Waals surface area contributed by atoms with Crippen LogP contribution in [0, 0.1) is 20.8 Å². The zero-order chi connectivity index (χ0) is 13.9. The predicted molar refractivity (Wildman–Crippen MR) is 70.9 cm³/mol. The number of aliphatic carboxylic acids is 1. The van der Waals surface area contributed by atoms with E-state index < -0.39 is 12.0 Å². The Hall–Kier alpha value is -1.81. The van der Waals surface area contributed by atoms with E-state index in [0.29, 0.717) is 0 Å². The summed E-state index contributed by atoms with van der Waals surface area (Å²) in [7, 11) is 1.63. The van der Waals surface area contributed by atoms with Gasteiger partial charge in [-0.2, -0.15) is 0 Å². The Kier molecular flexibility index (Phi) is 4.50. The summed E-state index contributed by atoms with van der Waals surface area (Å²) in [5, 5.41) is 8.62. The second-order valence-electron chi connectivity index (χ2n) is 4.28. The van der Waals surface area contributed by atoms with E-state index >= 15 is 0 Å². The van der Waals surface area contributed by atoms with Crippen LogP contribution >= 0.6 is 0 Å². The molecule has 18 heavy (non-hydrogen) atoms. The Morgan fingerprint density at radius 1 is 1.39 bits per heavy atom. The molecule has 4 nitrogen and oxygen atoms in total. The van der Waals surface area contributed by atoms with Crippen molar-refractivity contribution in [1.29, 1.82) is 0 Å². The van der Waals surface area contributed by atoms with Crippen molar-refractivity contribution in [2.24, 2.45) is 5.73 Å². The van der Waals surface area contributed by atoms with Gasteiger partial charge in [0.2, 0.25) is 0 Å². The molecule has 0 spiro atoms. The first-order chi connectivity index (χ1) is 8.38. The fraction of sp³-hybridized carbons (Fsp3) is 0.357. The van der Waals surface area contributed by atoms with Crippen molar-refractivity contribution in [3.8, 4) is 5.75 Å². The largest absolute Gasteiger partial charge is 0.496 e. The number of hydrogen-bond acceptors (Lipinski definition) is 3. The summed E-state index contributed by atoms with van der Waals surface area (Å²) in [5.74, 6) is -0.172. The Morgan fingerprint density at radius 3 is 2.50 bits per heavy atom. The van der Waals surface area contributed by atoms with E-state index in [1.165, 1.54) is 6.08 Å². The maximum Gasteiger partial charge on any atom is 0.328 e. The molecular weight excluding hydrogens is 230 g/mol. The van der Waals surface area contributed by atoms with Gasteiger partial charge in [0.15, 0.2) is 0 Å². The minimum Gasteiger partial charge on any atom is -0.496 e. The smallest absolute Gasteiger partial charge is 0.328 e. The van der Waals surface area contributed by atoms with Crippen molar-refractivity contribution in [3.05, 3.63) is 40.5 Å². The first kappa shape index (κ1) is 14.3. The van der Waals surface area contributed by atoms with E-state index in [1.807, 2.05) is 26.8 Å². The van der Waals surface area contributed by atoms with E-state index in [0.717, 1.165) is 34.1 Å². The fourth-order valence-corrected chi connectivity index (χ4v) is 2.07. The number of methoxy groups -OCH3 is 1. The average molecular weight is 249 g/mol. The van der Waals surface area contributed by atoms with Crippen molar-refractivity contribution in [2.75, 3.05) is 7.11 Å². The first-order valence-electron chi connectivity index (χ1n) is 5.69. The maximum absolute atomic E-state index is 10.5. The number of carbonyl (C=O) groups is 1. The van der Waals surface area contributed by atoms with Gasteiger partial charge in [-0.15, -0.1) is 0 Å². The summed E-state index contributed by atoms with van der Waals surface area (Å²) < 4.78 is 5.29. The van der Waals surface area contributed by atoms with Gasteiger partial charge in [0, 0.05) is 12.1 Å². The Balaban J connectivity index is 3.25. The highest BCUT2D eigenvalue weighted by Crippen LogP contribution is 2.30. The molecule has 0 aliphatic heterocycles. The molecule has 3 N–H and O–H groups in total. The minimum absolute atomic E-state index is 0.425. The lowest BCUT2D eigenvalue weighted by Gasteiger charge is -2.18. The molecule has 1 aromatic carbocycles. The van der Waals surface area contributed by atoms with Gasteiger partial charge in [-0.05, 0) is 49.1 Å². The molecule has 98 valence electrons. The van der Waals surface area contributed by atoms with Gasteiger partial charge in [-0.25, -0.2) is 4.79 Å². The highest BCUT2D eigenvalue weighted by molar-refractivity contribution is 5.79. The lowest BCUT2D eigenvalue weighted by molar-refractivity contribution is -0.131. The lowest BCUT2D eigenvalue weighted by Crippen LogP contribution is -2.12. The van der Waals surface area contributed by atoms with E-state index in [4.69, 9.17) is 15.6 Å². The van der Waals surface area contributed by atoms with Gasteiger partial charge in [0.25, 0.3) is 0 Å². The Morgan fingerprint density at radius 2 is 2.00 bits per heavy atom. The Labute approximate surface area is 107 Å². The SMILES string of the molecule is COc1cc(C)c(C(N)/C=C/C(=O)O)c(C)c1C. The standard InChI is InChI=1S/C14H19NO3/c1-8-7-12(18-4)9(2)10(3)14(8)11(15)5-6-13(16)17/h5-7,11H,15H2,1-4H3,(H,16,17)/b6-5+. The Bertz CT molecular complexity index is 492. The van der Waals surface area contributed by atoms with Crippen LogP contribution in [0.4, 0.5) is 0 Å². The van der Waals surface area contributed by atoms with Crippen LogP contribution in [0.5, 0.6) is 5.75 Å². The second-order valence-corrected chi connectivity index (χ2v) is 4.28. The fourth-order valence-electron chi connectivity index (χ4n) is 2.07. The van der Waals surface area contributed by atoms with E-state index in [2.05, 4.69) is 0 Å². The second kappa shape index (κ2) is 5.69. The third-order valence-electron chi connectivity index (χ3n) is 3.11. The molecule has 0 bridgehead atoms. The quantitative estimate of drug-likeness (QED) is 0.803. The third-order valence-corrected chi connectivity index (χ3v) is 3.11. The number of nitrogens with two attached hydrogens (primary N) is 1. The molecule has 0 aliphatic carbocycles. The third kappa shape index (κ3) is 2.90. The van der Waals surface area contributed by atoms with Crippen LogP contribution in [0.3, 0.4) is 0 Å². The van der Waals surface area contributed by atoms with Crippen LogP contribution in [0.2, 0.25) is 0 Å². The molecule has 0 radical (unpaired) electrons. The number of ether oxygens (including phenoxy) is 1. The van der Waals surface area contributed by atoms with E-state index in [1.54, 1.807) is 7.11 Å². The number of carboxylic acid groups (broad SMARTS) is 1. The van der Waals surface area contributed by atoms with Gasteiger partial charge in [0.1, 0.15) is 5.75 Å². The molecular formula is C14H19NO3. The van der Waals surface area contributed by atoms with Gasteiger partial charge in [0.05, 0.1) is 7.11 Å². The summed E-state index contributed by atoms with van der Waals surface area (Å²) in [5.41, 5.74) is 10.0. The van der Waals surface area contributed by atoms with Gasteiger partial charge in [-0.3, -0.25) is 0 Å². The number of benzene rings is 1. The van der Waals surface area contributed by atoms with Crippen LogP contribution < -0.4 is 10.5 Å². The topological polar surface area (TPSA) is 72.5 Å². The number of hydrogen-bond donors (Lipinski definition) is 2. The molecule has 0 saturated heterocycles. The van der Waals surface area contributed by atoms with Crippen LogP contribution in [0.25, 0.3) is 0 Å². The molecule has 4 heteroatoms. The molecule has 0 saturated carbocycles. The normalized spacial score (nSPS) is 12.7. The number of carboxylic acids is 1. The zero-order valence-corrected chi connectivity index (χ0v) is 11.2. The van der Waals surface area contributed by atoms with Crippen molar-refractivity contribution in [1.82, 2.24) is 0 Å². The molecule has 1 unspecified atom stereocenters. The van der Waals surface area contributed by atoms with Gasteiger partial charge >= 0.3 is 5.97 Å². The molecule has 0 amide bonds. The summed E-state index contributed by atoms with van der Waals surface area (Å²) in [6, 6.07) is 1.50. The molecule has 0 aromatic heterocycles. The minimum atomic E-state index is -0.994. The highest BCUT2D eigenvalue weighted by atomic mass is 16.5. The lowest BCUT2D eigenvalue weighted by atomic mass is 9.92. The van der Waals surface area contributed by atoms with E-state index in [9.17, 15) is 4.79 Å². The van der Waals surface area contributed by atoms with Crippen LogP contribution in [0.1, 0.15) is 28.3 Å². The van der Waals surface area contributed by atoms with E-state index in [-0.39, 0.29) is 0 Å². The molecule has 1 atom stereocenters.